The number of halogens is 3. The molecule has 6 nitrogen and oxygen atoms in total. The van der Waals surface area contributed by atoms with Crippen molar-refractivity contribution in [2.45, 2.75) is 57.3 Å². The van der Waals surface area contributed by atoms with Crippen molar-refractivity contribution in [3.63, 3.8) is 0 Å². The molecule has 4 heterocycles. The van der Waals surface area contributed by atoms with Gasteiger partial charge in [-0.1, -0.05) is 19.9 Å². The molecule has 1 aromatic heterocycles. The van der Waals surface area contributed by atoms with Crippen LogP contribution >= 0.6 is 0 Å². The number of nitrogens with one attached hydrogen (secondary N) is 1. The minimum absolute atomic E-state index is 0.0147. The number of pyridine rings is 1. The molecule has 200 valence electrons. The third-order valence-corrected chi connectivity index (χ3v) is 7.95. The molecule has 0 unspecified atom stereocenters. The first-order valence-electron chi connectivity index (χ1n) is 13.2. The Kier molecular flexibility index (Phi) is 7.31. The van der Waals surface area contributed by atoms with Gasteiger partial charge in [-0.25, -0.2) is 13.2 Å². The summed E-state index contributed by atoms with van der Waals surface area (Å²) in [5.74, 6) is -1.20. The van der Waals surface area contributed by atoms with E-state index in [9.17, 15) is 18.0 Å². The molecule has 1 amide bonds. The average Bonchev–Trinajstić information content (AvgIpc) is 3.37. The maximum Gasteiger partial charge on any atom is 0.241 e. The minimum Gasteiger partial charge on any atom is -0.311 e. The second-order valence-corrected chi connectivity index (χ2v) is 11.5. The Morgan fingerprint density at radius 3 is 2.76 bits per heavy atom. The molecule has 1 aromatic carbocycles. The first-order chi connectivity index (χ1) is 17.6. The molecule has 9 heteroatoms. The van der Waals surface area contributed by atoms with E-state index in [-0.39, 0.29) is 36.4 Å². The van der Waals surface area contributed by atoms with Crippen molar-refractivity contribution >= 4 is 11.6 Å². The molecule has 3 aliphatic heterocycles. The SMILES string of the molecule is C[C@@H]1CN(CC(=O)N2CC(C)(C)c3cnc(Cc4ccc(F)cc4F)cc32)[C@@H](CN2CC[C@H](F)C2)CN1. The van der Waals surface area contributed by atoms with Gasteiger partial charge < -0.3 is 10.2 Å². The van der Waals surface area contributed by atoms with Gasteiger partial charge >= 0.3 is 0 Å². The van der Waals surface area contributed by atoms with Crippen molar-refractivity contribution < 1.29 is 18.0 Å². The Balaban J connectivity index is 1.34. The second kappa shape index (κ2) is 10.3. The number of hydrogen-bond acceptors (Lipinski definition) is 5. The van der Waals surface area contributed by atoms with Crippen molar-refractivity contribution in [1.82, 2.24) is 20.1 Å². The summed E-state index contributed by atoms with van der Waals surface area (Å²) in [5, 5.41) is 3.51. The van der Waals surface area contributed by atoms with Crippen molar-refractivity contribution in [2.24, 2.45) is 0 Å². The predicted octanol–water partition coefficient (Wildman–Crippen LogP) is 3.28. The highest BCUT2D eigenvalue weighted by molar-refractivity contribution is 5.97. The van der Waals surface area contributed by atoms with Crippen LogP contribution in [0.1, 0.15) is 44.0 Å². The third kappa shape index (κ3) is 5.68. The molecule has 1 N–H and O–H groups in total. The fourth-order valence-electron chi connectivity index (χ4n) is 5.89. The largest absolute Gasteiger partial charge is 0.311 e. The Morgan fingerprint density at radius 2 is 2.03 bits per heavy atom. The van der Waals surface area contributed by atoms with E-state index in [2.05, 4.69) is 40.9 Å². The molecule has 3 atom stereocenters. The van der Waals surface area contributed by atoms with Gasteiger partial charge in [0.05, 0.1) is 12.2 Å². The second-order valence-electron chi connectivity index (χ2n) is 11.5. The number of nitrogens with zero attached hydrogens (tertiary/aromatic N) is 4. The number of benzene rings is 1. The standard InChI is InChI=1S/C28H36F3N5O/c1-18-13-35(23(11-32-18)15-34-7-6-21(30)14-34)16-27(37)36-17-28(2,3)24-12-33-22(10-26(24)36)8-19-4-5-20(29)9-25(19)31/h4-5,9-10,12,18,21,23,32H,6-8,11,13-17H2,1-3H3/t18-,21+,23-/m1/s1. The van der Waals surface area contributed by atoms with Crippen molar-refractivity contribution in [1.29, 1.82) is 0 Å². The lowest BCUT2D eigenvalue weighted by Gasteiger charge is -2.41. The number of fused-ring (bicyclic) bond motifs is 1. The number of rotatable bonds is 6. The van der Waals surface area contributed by atoms with Gasteiger partial charge in [0.2, 0.25) is 5.91 Å². The topological polar surface area (TPSA) is 51.7 Å². The number of hydrogen-bond donors (Lipinski definition) is 1. The summed E-state index contributed by atoms with van der Waals surface area (Å²) in [6, 6.07) is 5.82. The Labute approximate surface area is 216 Å². The minimum atomic E-state index is -0.764. The first kappa shape index (κ1) is 26.1. The van der Waals surface area contributed by atoms with Gasteiger partial charge in [-0.15, -0.1) is 0 Å². The van der Waals surface area contributed by atoms with Crippen LogP contribution in [0.4, 0.5) is 18.9 Å². The van der Waals surface area contributed by atoms with E-state index in [4.69, 9.17) is 0 Å². The van der Waals surface area contributed by atoms with Crippen molar-refractivity contribution in [3.8, 4) is 0 Å². The number of alkyl halides is 1. The van der Waals surface area contributed by atoms with Crippen LogP contribution in [0, 0.1) is 11.6 Å². The lowest BCUT2D eigenvalue weighted by atomic mass is 9.88. The van der Waals surface area contributed by atoms with Gasteiger partial charge in [0.15, 0.2) is 0 Å². The maximum absolute atomic E-state index is 14.3. The summed E-state index contributed by atoms with van der Waals surface area (Å²) in [6.45, 7) is 10.6. The predicted molar refractivity (Wildman–Crippen MR) is 138 cm³/mol. The summed E-state index contributed by atoms with van der Waals surface area (Å²) in [5.41, 5.74) is 2.52. The maximum atomic E-state index is 14.3. The zero-order chi connectivity index (χ0) is 26.3. The average molecular weight is 516 g/mol. The fourth-order valence-corrected chi connectivity index (χ4v) is 5.89. The number of piperazine rings is 1. The van der Waals surface area contributed by atoms with Gasteiger partial charge in [-0.05, 0) is 31.0 Å². The Morgan fingerprint density at radius 1 is 1.22 bits per heavy atom. The molecule has 5 rings (SSSR count). The van der Waals surface area contributed by atoms with E-state index in [1.165, 1.54) is 12.1 Å². The molecule has 0 aliphatic carbocycles. The quantitative estimate of drug-likeness (QED) is 0.640. The van der Waals surface area contributed by atoms with Crippen molar-refractivity contribution in [2.75, 3.05) is 50.7 Å². The summed E-state index contributed by atoms with van der Waals surface area (Å²) >= 11 is 0. The van der Waals surface area contributed by atoms with Gasteiger partial charge in [0.25, 0.3) is 0 Å². The highest BCUT2D eigenvalue weighted by atomic mass is 19.1. The molecule has 2 fully saturated rings. The number of likely N-dealkylation sites (tertiary alicyclic amines) is 1. The lowest BCUT2D eigenvalue weighted by molar-refractivity contribution is -0.120. The van der Waals surface area contributed by atoms with E-state index in [0.29, 0.717) is 30.8 Å². The molecule has 0 radical (unpaired) electrons. The number of amides is 1. The van der Waals surface area contributed by atoms with Crippen LogP contribution in [0.5, 0.6) is 0 Å². The molecule has 37 heavy (non-hydrogen) atoms. The molecular formula is C28H36F3N5O. The molecule has 3 aliphatic rings. The summed E-state index contributed by atoms with van der Waals surface area (Å²) in [7, 11) is 0. The van der Waals surface area contributed by atoms with E-state index >= 15 is 0 Å². The number of anilines is 1. The summed E-state index contributed by atoms with van der Waals surface area (Å²) in [6.07, 6.45) is 1.81. The number of carbonyl (C=O) groups excluding carboxylic acids is 1. The highest BCUT2D eigenvalue weighted by Crippen LogP contribution is 2.40. The van der Waals surface area contributed by atoms with Crippen LogP contribution in [0.2, 0.25) is 0 Å². The zero-order valence-corrected chi connectivity index (χ0v) is 21.8. The Hall–Kier alpha value is -2.49. The lowest BCUT2D eigenvalue weighted by Crippen LogP contribution is -2.60. The van der Waals surface area contributed by atoms with Crippen LogP contribution in [-0.2, 0) is 16.6 Å². The Bertz CT molecular complexity index is 1160. The number of aromatic nitrogens is 1. The van der Waals surface area contributed by atoms with E-state index in [1.807, 2.05) is 11.0 Å². The van der Waals surface area contributed by atoms with Crippen LogP contribution in [0.3, 0.4) is 0 Å². The number of carbonyl (C=O) groups is 1. The van der Waals surface area contributed by atoms with Crippen LogP contribution in [0.15, 0.2) is 30.5 Å². The highest BCUT2D eigenvalue weighted by Gasteiger charge is 2.40. The summed E-state index contributed by atoms with van der Waals surface area (Å²) in [4.78, 5) is 24.5. The molecular weight excluding hydrogens is 479 g/mol. The van der Waals surface area contributed by atoms with Crippen LogP contribution < -0.4 is 10.2 Å². The van der Waals surface area contributed by atoms with Gasteiger partial charge in [0, 0.05) is 86.7 Å². The van der Waals surface area contributed by atoms with Crippen molar-refractivity contribution in [3.05, 3.63) is 58.9 Å². The van der Waals surface area contributed by atoms with Gasteiger partial charge in [-0.2, -0.15) is 0 Å². The molecule has 0 bridgehead atoms. The normalized spacial score (nSPS) is 26.0. The van der Waals surface area contributed by atoms with Crippen LogP contribution in [-0.4, -0.2) is 84.8 Å². The molecule has 2 aromatic rings. The van der Waals surface area contributed by atoms with Gasteiger partial charge in [0.1, 0.15) is 17.8 Å². The van der Waals surface area contributed by atoms with E-state index in [1.54, 1.807) is 6.20 Å². The molecule has 0 spiro atoms. The van der Waals surface area contributed by atoms with Gasteiger partial charge in [-0.3, -0.25) is 19.6 Å². The smallest absolute Gasteiger partial charge is 0.241 e. The monoisotopic (exact) mass is 515 g/mol. The van der Waals surface area contributed by atoms with Crippen LogP contribution in [0.25, 0.3) is 0 Å². The zero-order valence-electron chi connectivity index (χ0n) is 21.8. The third-order valence-electron chi connectivity index (χ3n) is 7.95. The van der Waals surface area contributed by atoms with E-state index < -0.39 is 17.8 Å². The van der Waals surface area contributed by atoms with E-state index in [0.717, 1.165) is 43.5 Å². The summed E-state index contributed by atoms with van der Waals surface area (Å²) < 4.78 is 41.4. The molecule has 2 saturated heterocycles. The molecule has 0 saturated carbocycles. The first-order valence-corrected chi connectivity index (χ1v) is 13.2. The fraction of sp³-hybridized carbons (Fsp3) is 0.571.